The number of hydrogen-bond donors (Lipinski definition) is 1. The molecule has 126 valence electrons. The van der Waals surface area contributed by atoms with Crippen molar-refractivity contribution in [2.24, 2.45) is 5.92 Å². The maximum Gasteiger partial charge on any atom is 0.311 e. The van der Waals surface area contributed by atoms with Crippen LogP contribution in [0.4, 0.5) is 0 Å². The molecule has 0 radical (unpaired) electrons. The SMILES string of the molecule is CCCCN1CCC(CNC(=O)C(=O)N2CCCCCC2)C1. The maximum atomic E-state index is 12.2. The van der Waals surface area contributed by atoms with Gasteiger partial charge >= 0.3 is 11.8 Å². The van der Waals surface area contributed by atoms with E-state index in [1.165, 1.54) is 25.7 Å². The summed E-state index contributed by atoms with van der Waals surface area (Å²) in [7, 11) is 0. The molecule has 0 aromatic heterocycles. The van der Waals surface area contributed by atoms with Crippen molar-refractivity contribution >= 4 is 11.8 Å². The highest BCUT2D eigenvalue weighted by Crippen LogP contribution is 2.16. The molecule has 5 nitrogen and oxygen atoms in total. The van der Waals surface area contributed by atoms with E-state index in [0.717, 1.165) is 52.0 Å². The van der Waals surface area contributed by atoms with Gasteiger partial charge in [0.05, 0.1) is 0 Å². The summed E-state index contributed by atoms with van der Waals surface area (Å²) in [6.07, 6.45) is 7.97. The second-order valence-corrected chi connectivity index (χ2v) is 6.73. The highest BCUT2D eigenvalue weighted by Gasteiger charge is 2.25. The molecule has 0 aromatic carbocycles. The van der Waals surface area contributed by atoms with Crippen LogP contribution < -0.4 is 5.32 Å². The molecule has 0 aromatic rings. The van der Waals surface area contributed by atoms with Crippen LogP contribution >= 0.6 is 0 Å². The number of carbonyl (C=O) groups excluding carboxylic acids is 2. The summed E-state index contributed by atoms with van der Waals surface area (Å²) in [5, 5.41) is 2.86. The molecule has 2 aliphatic heterocycles. The Kier molecular flexibility index (Phi) is 7.16. The summed E-state index contributed by atoms with van der Waals surface area (Å²) < 4.78 is 0. The molecule has 2 saturated heterocycles. The van der Waals surface area contributed by atoms with Gasteiger partial charge in [-0.15, -0.1) is 0 Å². The fourth-order valence-electron chi connectivity index (χ4n) is 3.39. The summed E-state index contributed by atoms with van der Waals surface area (Å²) >= 11 is 0. The minimum Gasteiger partial charge on any atom is -0.348 e. The first-order chi connectivity index (χ1) is 10.7. The molecule has 0 spiro atoms. The van der Waals surface area contributed by atoms with Crippen molar-refractivity contribution in [3.8, 4) is 0 Å². The summed E-state index contributed by atoms with van der Waals surface area (Å²) in [6, 6.07) is 0. The van der Waals surface area contributed by atoms with Crippen LogP contribution in [0.2, 0.25) is 0 Å². The van der Waals surface area contributed by atoms with Gasteiger partial charge in [-0.2, -0.15) is 0 Å². The zero-order valence-electron chi connectivity index (χ0n) is 14.0. The monoisotopic (exact) mass is 309 g/mol. The smallest absolute Gasteiger partial charge is 0.311 e. The minimum absolute atomic E-state index is 0.331. The van der Waals surface area contributed by atoms with Crippen molar-refractivity contribution in [3.63, 3.8) is 0 Å². The lowest BCUT2D eigenvalue weighted by Gasteiger charge is -2.20. The number of nitrogens with one attached hydrogen (secondary N) is 1. The normalized spacial score (nSPS) is 23.3. The van der Waals surface area contributed by atoms with E-state index >= 15 is 0 Å². The Balaban J connectivity index is 1.67. The highest BCUT2D eigenvalue weighted by molar-refractivity contribution is 6.35. The molecule has 2 aliphatic rings. The second-order valence-electron chi connectivity index (χ2n) is 6.73. The average Bonchev–Trinajstić information content (AvgIpc) is 2.81. The van der Waals surface area contributed by atoms with Gasteiger partial charge in [-0.1, -0.05) is 26.2 Å². The Morgan fingerprint density at radius 3 is 2.50 bits per heavy atom. The van der Waals surface area contributed by atoms with Crippen molar-refractivity contribution in [1.29, 1.82) is 0 Å². The fourth-order valence-corrected chi connectivity index (χ4v) is 3.39. The van der Waals surface area contributed by atoms with E-state index in [0.29, 0.717) is 12.5 Å². The van der Waals surface area contributed by atoms with E-state index in [4.69, 9.17) is 0 Å². The number of rotatable bonds is 5. The number of amides is 2. The fraction of sp³-hybridized carbons (Fsp3) is 0.882. The van der Waals surface area contributed by atoms with Gasteiger partial charge in [-0.3, -0.25) is 9.59 Å². The lowest BCUT2D eigenvalue weighted by Crippen LogP contribution is -2.44. The topological polar surface area (TPSA) is 52.7 Å². The van der Waals surface area contributed by atoms with Crippen molar-refractivity contribution in [1.82, 2.24) is 15.1 Å². The predicted octanol–water partition coefficient (Wildman–Crippen LogP) is 1.63. The number of unbranched alkanes of at least 4 members (excludes halogenated alkanes) is 1. The lowest BCUT2D eigenvalue weighted by molar-refractivity contribution is -0.145. The van der Waals surface area contributed by atoms with Crippen molar-refractivity contribution < 1.29 is 9.59 Å². The maximum absolute atomic E-state index is 12.2. The molecule has 2 amide bonds. The van der Waals surface area contributed by atoms with Gasteiger partial charge in [-0.05, 0) is 44.7 Å². The van der Waals surface area contributed by atoms with Crippen LogP contribution in [-0.2, 0) is 9.59 Å². The molecule has 0 aliphatic carbocycles. The Morgan fingerprint density at radius 1 is 1.09 bits per heavy atom. The predicted molar refractivity (Wildman–Crippen MR) is 87.5 cm³/mol. The Morgan fingerprint density at radius 2 is 1.82 bits per heavy atom. The Bertz CT molecular complexity index is 365. The molecule has 0 saturated carbocycles. The van der Waals surface area contributed by atoms with E-state index in [-0.39, 0.29) is 5.91 Å². The van der Waals surface area contributed by atoms with Gasteiger partial charge in [-0.25, -0.2) is 0 Å². The molecule has 2 rings (SSSR count). The van der Waals surface area contributed by atoms with Crippen LogP contribution in [0, 0.1) is 5.92 Å². The number of likely N-dealkylation sites (tertiary alicyclic amines) is 2. The van der Waals surface area contributed by atoms with Crippen molar-refractivity contribution in [3.05, 3.63) is 0 Å². The standard InChI is InChI=1S/C17H31N3O2/c1-2-3-9-19-12-8-15(14-19)13-18-16(21)17(22)20-10-6-4-5-7-11-20/h15H,2-14H2,1H3,(H,18,21). The van der Waals surface area contributed by atoms with E-state index < -0.39 is 5.91 Å². The molecule has 1 unspecified atom stereocenters. The van der Waals surface area contributed by atoms with Crippen molar-refractivity contribution in [2.45, 2.75) is 51.9 Å². The third kappa shape index (κ3) is 5.27. The third-order valence-electron chi connectivity index (χ3n) is 4.84. The molecule has 2 fully saturated rings. The number of hydrogen-bond acceptors (Lipinski definition) is 3. The Labute approximate surface area is 134 Å². The first-order valence-electron chi connectivity index (χ1n) is 9.00. The van der Waals surface area contributed by atoms with Gasteiger partial charge in [0.15, 0.2) is 0 Å². The van der Waals surface area contributed by atoms with Crippen LogP contribution in [0.3, 0.4) is 0 Å². The van der Waals surface area contributed by atoms with Crippen LogP contribution in [0.15, 0.2) is 0 Å². The summed E-state index contributed by atoms with van der Waals surface area (Å²) in [5.74, 6) is -0.241. The third-order valence-corrected chi connectivity index (χ3v) is 4.84. The molecular formula is C17H31N3O2. The van der Waals surface area contributed by atoms with Crippen LogP contribution in [-0.4, -0.2) is 60.9 Å². The molecule has 1 atom stereocenters. The van der Waals surface area contributed by atoms with E-state index in [1.54, 1.807) is 4.90 Å². The zero-order chi connectivity index (χ0) is 15.8. The van der Waals surface area contributed by atoms with Crippen molar-refractivity contribution in [2.75, 3.05) is 39.3 Å². The summed E-state index contributed by atoms with van der Waals surface area (Å²) in [6.45, 7) is 7.66. The second kappa shape index (κ2) is 9.13. The molecular weight excluding hydrogens is 278 g/mol. The lowest BCUT2D eigenvalue weighted by atomic mass is 10.1. The van der Waals surface area contributed by atoms with Gasteiger partial charge in [0, 0.05) is 26.2 Å². The molecule has 2 heterocycles. The van der Waals surface area contributed by atoms with Crippen LogP contribution in [0.5, 0.6) is 0 Å². The highest BCUT2D eigenvalue weighted by atomic mass is 16.2. The molecule has 1 N–H and O–H groups in total. The van der Waals surface area contributed by atoms with Gasteiger partial charge in [0.25, 0.3) is 0 Å². The zero-order valence-corrected chi connectivity index (χ0v) is 14.0. The van der Waals surface area contributed by atoms with Gasteiger partial charge in [0.2, 0.25) is 0 Å². The number of nitrogens with zero attached hydrogens (tertiary/aromatic N) is 2. The number of carbonyl (C=O) groups is 2. The molecule has 22 heavy (non-hydrogen) atoms. The minimum atomic E-state index is -0.408. The molecule has 0 bridgehead atoms. The average molecular weight is 309 g/mol. The first-order valence-corrected chi connectivity index (χ1v) is 9.00. The largest absolute Gasteiger partial charge is 0.348 e. The molecule has 5 heteroatoms. The Hall–Kier alpha value is -1.10. The van der Waals surface area contributed by atoms with Gasteiger partial charge < -0.3 is 15.1 Å². The van der Waals surface area contributed by atoms with Crippen LogP contribution in [0.1, 0.15) is 51.9 Å². The van der Waals surface area contributed by atoms with Gasteiger partial charge in [0.1, 0.15) is 0 Å². The summed E-state index contributed by atoms with van der Waals surface area (Å²) in [4.78, 5) is 28.4. The van der Waals surface area contributed by atoms with Crippen LogP contribution in [0.25, 0.3) is 0 Å². The first kappa shape index (κ1) is 17.3. The summed E-state index contributed by atoms with van der Waals surface area (Å²) in [5.41, 5.74) is 0. The van der Waals surface area contributed by atoms with E-state index in [1.807, 2.05) is 0 Å². The van der Waals surface area contributed by atoms with E-state index in [2.05, 4.69) is 17.1 Å². The quantitative estimate of drug-likeness (QED) is 0.785. The van der Waals surface area contributed by atoms with E-state index in [9.17, 15) is 9.59 Å².